The van der Waals surface area contributed by atoms with E-state index >= 15 is 0 Å². The van der Waals surface area contributed by atoms with E-state index in [1.807, 2.05) is 35.9 Å². The van der Waals surface area contributed by atoms with Crippen LogP contribution in [0.25, 0.3) is 22.3 Å². The second-order valence-electron chi connectivity index (χ2n) is 7.10. The first-order chi connectivity index (χ1) is 13.5. The standard InChI is InChI=1S/C22H28N4O2/c1-5-28-12-8-11-23-22(27)18-13-20(17-10-7-6-9-16(17)4)25-21-19(18)14-24-26(21)15(2)3/h6-7,9-10,13-15H,5,8,11-12H2,1-4H3,(H,23,27). The largest absolute Gasteiger partial charge is 0.382 e. The first kappa shape index (κ1) is 20.0. The molecular weight excluding hydrogens is 352 g/mol. The SMILES string of the molecule is CCOCCCNC(=O)c1cc(-c2ccccc2C)nc2c1cnn2C(C)C. The van der Waals surface area contributed by atoms with Crippen LogP contribution < -0.4 is 5.32 Å². The Kier molecular flexibility index (Phi) is 6.41. The van der Waals surface area contributed by atoms with E-state index in [2.05, 4.69) is 37.3 Å². The Bertz CT molecular complexity index is 962. The summed E-state index contributed by atoms with van der Waals surface area (Å²) in [5.41, 5.74) is 4.26. The van der Waals surface area contributed by atoms with Gasteiger partial charge in [-0.1, -0.05) is 24.3 Å². The molecule has 0 fully saturated rings. The van der Waals surface area contributed by atoms with Crippen LogP contribution in [0.1, 0.15) is 49.2 Å². The summed E-state index contributed by atoms with van der Waals surface area (Å²) in [5, 5.41) is 8.24. The van der Waals surface area contributed by atoms with Crippen molar-refractivity contribution in [2.24, 2.45) is 0 Å². The van der Waals surface area contributed by atoms with Crippen LogP contribution in [-0.2, 0) is 4.74 Å². The second-order valence-corrected chi connectivity index (χ2v) is 7.10. The monoisotopic (exact) mass is 380 g/mol. The minimum absolute atomic E-state index is 0.109. The van der Waals surface area contributed by atoms with Gasteiger partial charge in [0.05, 0.1) is 22.8 Å². The van der Waals surface area contributed by atoms with E-state index in [0.717, 1.165) is 34.3 Å². The number of fused-ring (bicyclic) bond motifs is 1. The fourth-order valence-corrected chi connectivity index (χ4v) is 3.20. The number of nitrogens with zero attached hydrogens (tertiary/aromatic N) is 3. The molecule has 0 unspecified atom stereocenters. The molecule has 0 atom stereocenters. The number of carbonyl (C=O) groups excluding carboxylic acids is 1. The van der Waals surface area contributed by atoms with Gasteiger partial charge in [-0.2, -0.15) is 5.10 Å². The molecule has 3 aromatic rings. The number of amides is 1. The van der Waals surface area contributed by atoms with Gasteiger partial charge < -0.3 is 10.1 Å². The number of benzene rings is 1. The molecule has 0 bridgehead atoms. The van der Waals surface area contributed by atoms with E-state index in [4.69, 9.17) is 9.72 Å². The Hall–Kier alpha value is -2.73. The molecule has 148 valence electrons. The maximum Gasteiger partial charge on any atom is 0.252 e. The third kappa shape index (κ3) is 4.22. The number of hydrogen-bond donors (Lipinski definition) is 1. The van der Waals surface area contributed by atoms with Crippen LogP contribution in [0, 0.1) is 6.92 Å². The van der Waals surface area contributed by atoms with E-state index in [-0.39, 0.29) is 11.9 Å². The Morgan fingerprint density at radius 1 is 1.29 bits per heavy atom. The number of ether oxygens (including phenoxy) is 1. The van der Waals surface area contributed by atoms with Crippen molar-refractivity contribution in [3.05, 3.63) is 47.7 Å². The molecule has 6 nitrogen and oxygen atoms in total. The van der Waals surface area contributed by atoms with Gasteiger partial charge in [0.2, 0.25) is 0 Å². The van der Waals surface area contributed by atoms with Crippen LogP contribution in [0.2, 0.25) is 0 Å². The molecule has 2 heterocycles. The Morgan fingerprint density at radius 3 is 2.79 bits per heavy atom. The minimum atomic E-state index is -0.109. The number of hydrogen-bond acceptors (Lipinski definition) is 4. The summed E-state index contributed by atoms with van der Waals surface area (Å²) in [5.74, 6) is -0.109. The van der Waals surface area contributed by atoms with Gasteiger partial charge in [-0.3, -0.25) is 4.79 Å². The van der Waals surface area contributed by atoms with Gasteiger partial charge in [0.15, 0.2) is 5.65 Å². The first-order valence-corrected chi connectivity index (χ1v) is 9.83. The number of nitrogens with one attached hydrogen (secondary N) is 1. The fourth-order valence-electron chi connectivity index (χ4n) is 3.20. The highest BCUT2D eigenvalue weighted by Gasteiger charge is 2.18. The number of aromatic nitrogens is 3. The molecule has 0 aliphatic heterocycles. The zero-order valence-corrected chi connectivity index (χ0v) is 17.0. The van der Waals surface area contributed by atoms with Crippen molar-refractivity contribution >= 4 is 16.9 Å². The highest BCUT2D eigenvalue weighted by atomic mass is 16.5. The highest BCUT2D eigenvalue weighted by molar-refractivity contribution is 6.06. The summed E-state index contributed by atoms with van der Waals surface area (Å²) in [6.07, 6.45) is 2.52. The summed E-state index contributed by atoms with van der Waals surface area (Å²) in [6.45, 7) is 10.0. The van der Waals surface area contributed by atoms with Gasteiger partial charge in [-0.15, -0.1) is 0 Å². The number of carbonyl (C=O) groups is 1. The van der Waals surface area contributed by atoms with Gasteiger partial charge in [-0.05, 0) is 45.7 Å². The molecule has 0 aliphatic rings. The second kappa shape index (κ2) is 8.97. The van der Waals surface area contributed by atoms with E-state index in [1.54, 1.807) is 6.20 Å². The zero-order valence-electron chi connectivity index (χ0n) is 17.0. The van der Waals surface area contributed by atoms with Crippen molar-refractivity contribution in [3.8, 4) is 11.3 Å². The summed E-state index contributed by atoms with van der Waals surface area (Å²) in [7, 11) is 0. The maximum absolute atomic E-state index is 12.9. The molecule has 1 amide bonds. The lowest BCUT2D eigenvalue weighted by molar-refractivity contribution is 0.0946. The van der Waals surface area contributed by atoms with Crippen LogP contribution in [0.15, 0.2) is 36.5 Å². The van der Waals surface area contributed by atoms with Gasteiger partial charge in [-0.25, -0.2) is 9.67 Å². The number of rotatable bonds is 8. The highest BCUT2D eigenvalue weighted by Crippen LogP contribution is 2.28. The summed E-state index contributed by atoms with van der Waals surface area (Å²) in [6, 6.07) is 10.1. The third-order valence-corrected chi connectivity index (χ3v) is 4.68. The molecule has 0 saturated heterocycles. The lowest BCUT2D eigenvalue weighted by Crippen LogP contribution is -2.25. The molecular formula is C22H28N4O2. The average molecular weight is 380 g/mol. The van der Waals surface area contributed by atoms with Crippen LogP contribution in [0.5, 0.6) is 0 Å². The fraction of sp³-hybridized carbons (Fsp3) is 0.409. The van der Waals surface area contributed by atoms with Gasteiger partial charge in [0.1, 0.15) is 0 Å². The Labute approximate surface area is 165 Å². The van der Waals surface area contributed by atoms with E-state index in [1.165, 1.54) is 0 Å². The van der Waals surface area contributed by atoms with Crippen molar-refractivity contribution in [3.63, 3.8) is 0 Å². The minimum Gasteiger partial charge on any atom is -0.382 e. The van der Waals surface area contributed by atoms with Crippen molar-refractivity contribution in [1.82, 2.24) is 20.1 Å². The zero-order chi connectivity index (χ0) is 20.1. The van der Waals surface area contributed by atoms with Crippen molar-refractivity contribution < 1.29 is 9.53 Å². The molecule has 0 spiro atoms. The Balaban J connectivity index is 2.00. The molecule has 1 N–H and O–H groups in total. The topological polar surface area (TPSA) is 69.0 Å². The molecule has 0 saturated carbocycles. The molecule has 2 aromatic heterocycles. The molecule has 0 radical (unpaired) electrons. The van der Waals surface area contributed by atoms with Crippen LogP contribution in [-0.4, -0.2) is 40.4 Å². The summed E-state index contributed by atoms with van der Waals surface area (Å²) < 4.78 is 7.20. The summed E-state index contributed by atoms with van der Waals surface area (Å²) in [4.78, 5) is 17.8. The molecule has 1 aromatic carbocycles. The van der Waals surface area contributed by atoms with Crippen molar-refractivity contribution in [2.45, 2.75) is 40.2 Å². The lowest BCUT2D eigenvalue weighted by atomic mass is 10.0. The Morgan fingerprint density at radius 2 is 2.07 bits per heavy atom. The van der Waals surface area contributed by atoms with Crippen molar-refractivity contribution in [2.75, 3.05) is 19.8 Å². The van der Waals surface area contributed by atoms with E-state index in [9.17, 15) is 4.79 Å². The van der Waals surface area contributed by atoms with Gasteiger partial charge in [0.25, 0.3) is 5.91 Å². The van der Waals surface area contributed by atoms with Crippen LogP contribution >= 0.6 is 0 Å². The average Bonchev–Trinajstić information content (AvgIpc) is 3.11. The van der Waals surface area contributed by atoms with E-state index in [0.29, 0.717) is 25.3 Å². The molecule has 3 rings (SSSR count). The molecule has 0 aliphatic carbocycles. The van der Waals surface area contributed by atoms with Crippen molar-refractivity contribution in [1.29, 1.82) is 0 Å². The normalized spacial score (nSPS) is 11.3. The smallest absolute Gasteiger partial charge is 0.252 e. The summed E-state index contributed by atoms with van der Waals surface area (Å²) >= 11 is 0. The van der Waals surface area contributed by atoms with Crippen LogP contribution in [0.4, 0.5) is 0 Å². The van der Waals surface area contributed by atoms with E-state index < -0.39 is 0 Å². The third-order valence-electron chi connectivity index (χ3n) is 4.68. The number of aryl methyl sites for hydroxylation is 1. The first-order valence-electron chi connectivity index (χ1n) is 9.83. The molecule has 6 heteroatoms. The maximum atomic E-state index is 12.9. The number of pyridine rings is 1. The predicted molar refractivity (Wildman–Crippen MR) is 112 cm³/mol. The predicted octanol–water partition coefficient (Wildman–Crippen LogP) is 4.14. The quantitative estimate of drug-likeness (QED) is 0.596. The lowest BCUT2D eigenvalue weighted by Gasteiger charge is -2.12. The van der Waals surface area contributed by atoms with Crippen LogP contribution in [0.3, 0.4) is 0 Å². The molecule has 28 heavy (non-hydrogen) atoms. The van der Waals surface area contributed by atoms with Gasteiger partial charge in [0, 0.05) is 31.4 Å². The van der Waals surface area contributed by atoms with Gasteiger partial charge >= 0.3 is 0 Å².